The Labute approximate surface area is 109 Å². The molecule has 18 heavy (non-hydrogen) atoms. The summed E-state index contributed by atoms with van der Waals surface area (Å²) < 4.78 is 0. The first-order chi connectivity index (χ1) is 8.65. The average Bonchev–Trinajstić information content (AvgIpc) is 2.44. The van der Waals surface area contributed by atoms with E-state index in [1.165, 1.54) is 5.56 Å². The van der Waals surface area contributed by atoms with E-state index >= 15 is 0 Å². The molecule has 2 atom stereocenters. The van der Waals surface area contributed by atoms with Crippen LogP contribution in [0.5, 0.6) is 0 Å². The van der Waals surface area contributed by atoms with Crippen molar-refractivity contribution in [2.24, 2.45) is 11.7 Å². The van der Waals surface area contributed by atoms with Gasteiger partial charge in [0.2, 0.25) is 5.91 Å². The highest BCUT2D eigenvalue weighted by Crippen LogP contribution is 2.27. The second-order valence-electron chi connectivity index (χ2n) is 5.13. The summed E-state index contributed by atoms with van der Waals surface area (Å²) in [5, 5.41) is 0. The van der Waals surface area contributed by atoms with Gasteiger partial charge in [0.15, 0.2) is 0 Å². The molecule has 0 aliphatic carbocycles. The zero-order chi connectivity index (χ0) is 13.1. The van der Waals surface area contributed by atoms with Crippen LogP contribution in [0.15, 0.2) is 24.3 Å². The van der Waals surface area contributed by atoms with Crippen LogP contribution in [0.4, 0.5) is 5.69 Å². The van der Waals surface area contributed by atoms with E-state index in [4.69, 9.17) is 5.73 Å². The summed E-state index contributed by atoms with van der Waals surface area (Å²) in [5.74, 6) is 0.295. The molecule has 1 aliphatic rings. The zero-order valence-electron chi connectivity index (χ0n) is 11.2. The number of hydrogen-bond donors (Lipinski definition) is 1. The van der Waals surface area contributed by atoms with Gasteiger partial charge in [-0.25, -0.2) is 0 Å². The first-order valence-corrected chi connectivity index (χ1v) is 6.80. The third-order valence-electron chi connectivity index (χ3n) is 3.92. The largest absolute Gasteiger partial charge is 0.320 e. The van der Waals surface area contributed by atoms with Crippen molar-refractivity contribution < 1.29 is 4.79 Å². The number of amides is 1. The monoisotopic (exact) mass is 246 g/mol. The van der Waals surface area contributed by atoms with Crippen molar-refractivity contribution >= 4 is 11.6 Å². The Bertz CT molecular complexity index is 430. The minimum atomic E-state index is -0.388. The second kappa shape index (κ2) is 5.53. The van der Waals surface area contributed by atoms with E-state index in [-0.39, 0.29) is 17.9 Å². The van der Waals surface area contributed by atoms with Gasteiger partial charge in [-0.15, -0.1) is 0 Å². The summed E-state index contributed by atoms with van der Waals surface area (Å²) in [6, 6.07) is 7.75. The lowest BCUT2D eigenvalue weighted by Gasteiger charge is -2.32. The van der Waals surface area contributed by atoms with Crippen molar-refractivity contribution in [1.82, 2.24) is 0 Å². The number of carbonyl (C=O) groups excluding carboxylic acids is 1. The van der Waals surface area contributed by atoms with Gasteiger partial charge < -0.3 is 10.6 Å². The Morgan fingerprint density at radius 1 is 1.44 bits per heavy atom. The number of rotatable bonds is 3. The van der Waals surface area contributed by atoms with Crippen LogP contribution in [0.1, 0.15) is 32.3 Å². The molecule has 0 saturated carbocycles. The third-order valence-corrected chi connectivity index (χ3v) is 3.92. The third kappa shape index (κ3) is 2.41. The van der Waals surface area contributed by atoms with Crippen molar-refractivity contribution in [3.8, 4) is 0 Å². The molecule has 2 rings (SSSR count). The fraction of sp³-hybridized carbons (Fsp3) is 0.533. The molecule has 1 unspecified atom stereocenters. The molecule has 0 saturated heterocycles. The first kappa shape index (κ1) is 13.1. The van der Waals surface area contributed by atoms with Crippen molar-refractivity contribution in [3.63, 3.8) is 0 Å². The molecule has 0 aromatic heterocycles. The van der Waals surface area contributed by atoms with Gasteiger partial charge >= 0.3 is 0 Å². The van der Waals surface area contributed by atoms with Gasteiger partial charge in [-0.1, -0.05) is 38.5 Å². The number of hydrogen-bond acceptors (Lipinski definition) is 2. The normalized spacial score (nSPS) is 18.1. The van der Waals surface area contributed by atoms with Crippen LogP contribution in [0.25, 0.3) is 0 Å². The van der Waals surface area contributed by atoms with Crippen LogP contribution < -0.4 is 10.6 Å². The van der Waals surface area contributed by atoms with Crippen LogP contribution in [0.2, 0.25) is 0 Å². The number of nitrogens with two attached hydrogens (primary N) is 1. The first-order valence-electron chi connectivity index (χ1n) is 6.80. The summed E-state index contributed by atoms with van der Waals surface area (Å²) in [4.78, 5) is 14.3. The van der Waals surface area contributed by atoms with Gasteiger partial charge in [0.1, 0.15) is 0 Å². The molecule has 2 N–H and O–H groups in total. The quantitative estimate of drug-likeness (QED) is 0.889. The molecule has 0 spiro atoms. The predicted molar refractivity (Wildman–Crippen MR) is 74.5 cm³/mol. The fourth-order valence-electron chi connectivity index (χ4n) is 2.44. The Balaban J connectivity index is 2.22. The smallest absolute Gasteiger partial charge is 0.244 e. The average molecular weight is 246 g/mol. The standard InChI is InChI=1S/C15H22N2O/c1-3-11(2)14(16)15(18)17-10-6-8-12-7-4-5-9-13(12)17/h4-5,7,9,11,14H,3,6,8,10,16H2,1-2H3/t11?,14-/m0/s1. The Hall–Kier alpha value is -1.35. The maximum Gasteiger partial charge on any atom is 0.244 e. The number of benzene rings is 1. The lowest BCUT2D eigenvalue weighted by atomic mass is 9.96. The number of anilines is 1. The molecule has 0 bridgehead atoms. The van der Waals surface area contributed by atoms with Crippen molar-refractivity contribution in [1.29, 1.82) is 0 Å². The molecule has 1 amide bonds. The van der Waals surface area contributed by atoms with E-state index in [1.807, 2.05) is 30.0 Å². The summed E-state index contributed by atoms with van der Waals surface area (Å²) >= 11 is 0. The van der Waals surface area contributed by atoms with Gasteiger partial charge in [0.25, 0.3) is 0 Å². The molecule has 3 heteroatoms. The van der Waals surface area contributed by atoms with Crippen molar-refractivity contribution in [2.75, 3.05) is 11.4 Å². The van der Waals surface area contributed by atoms with Crippen LogP contribution in [-0.4, -0.2) is 18.5 Å². The van der Waals surface area contributed by atoms with E-state index < -0.39 is 0 Å². The number of carbonyl (C=O) groups is 1. The van der Waals surface area contributed by atoms with Crippen LogP contribution in [0.3, 0.4) is 0 Å². The molecule has 1 aliphatic heterocycles. The molecular formula is C15H22N2O. The van der Waals surface area contributed by atoms with E-state index in [9.17, 15) is 4.79 Å². The van der Waals surface area contributed by atoms with Gasteiger partial charge in [-0.05, 0) is 30.4 Å². The van der Waals surface area contributed by atoms with Gasteiger partial charge in [0.05, 0.1) is 6.04 Å². The molecule has 1 heterocycles. The topological polar surface area (TPSA) is 46.3 Å². The van der Waals surface area contributed by atoms with Gasteiger partial charge in [-0.3, -0.25) is 4.79 Å². The highest BCUT2D eigenvalue weighted by Gasteiger charge is 2.28. The van der Waals surface area contributed by atoms with Gasteiger partial charge in [0, 0.05) is 12.2 Å². The minimum Gasteiger partial charge on any atom is -0.320 e. The number of aryl methyl sites for hydroxylation is 1. The Kier molecular flexibility index (Phi) is 4.02. The maximum absolute atomic E-state index is 12.5. The summed E-state index contributed by atoms with van der Waals surface area (Å²) in [6.07, 6.45) is 3.01. The number of fused-ring (bicyclic) bond motifs is 1. The molecular weight excluding hydrogens is 224 g/mol. The number of nitrogens with zero attached hydrogens (tertiary/aromatic N) is 1. The van der Waals surface area contributed by atoms with Crippen molar-refractivity contribution in [3.05, 3.63) is 29.8 Å². The van der Waals surface area contributed by atoms with E-state index in [2.05, 4.69) is 13.0 Å². The highest BCUT2D eigenvalue weighted by molar-refractivity contribution is 5.98. The summed E-state index contributed by atoms with van der Waals surface area (Å²) in [5.41, 5.74) is 8.37. The van der Waals surface area contributed by atoms with E-state index in [1.54, 1.807) is 0 Å². The summed E-state index contributed by atoms with van der Waals surface area (Å²) in [6.45, 7) is 4.90. The summed E-state index contributed by atoms with van der Waals surface area (Å²) in [7, 11) is 0. The molecule has 98 valence electrons. The minimum absolute atomic E-state index is 0.0662. The molecule has 0 radical (unpaired) electrons. The fourth-order valence-corrected chi connectivity index (χ4v) is 2.44. The molecule has 1 aromatic carbocycles. The molecule has 3 nitrogen and oxygen atoms in total. The van der Waals surface area contributed by atoms with E-state index in [0.29, 0.717) is 0 Å². The maximum atomic E-state index is 12.5. The van der Waals surface area contributed by atoms with E-state index in [0.717, 1.165) is 31.5 Å². The Morgan fingerprint density at radius 3 is 2.89 bits per heavy atom. The van der Waals surface area contributed by atoms with Crippen LogP contribution in [-0.2, 0) is 11.2 Å². The highest BCUT2D eigenvalue weighted by atomic mass is 16.2. The number of para-hydroxylation sites is 1. The van der Waals surface area contributed by atoms with Crippen molar-refractivity contribution in [2.45, 2.75) is 39.2 Å². The second-order valence-corrected chi connectivity index (χ2v) is 5.13. The molecule has 0 fully saturated rings. The van der Waals surface area contributed by atoms with Crippen LogP contribution in [0, 0.1) is 5.92 Å². The SMILES string of the molecule is CCC(C)[C@H](N)C(=O)N1CCCc2ccccc21. The van der Waals surface area contributed by atoms with Gasteiger partial charge in [-0.2, -0.15) is 0 Å². The zero-order valence-corrected chi connectivity index (χ0v) is 11.2. The lowest BCUT2D eigenvalue weighted by molar-refractivity contribution is -0.120. The lowest BCUT2D eigenvalue weighted by Crippen LogP contribution is -2.48. The van der Waals surface area contributed by atoms with Crippen LogP contribution >= 0.6 is 0 Å². The molecule has 1 aromatic rings. The predicted octanol–water partition coefficient (Wildman–Crippen LogP) is 2.34. The Morgan fingerprint density at radius 2 is 2.17 bits per heavy atom.